The zero-order valence-electron chi connectivity index (χ0n) is 13.6. The topological polar surface area (TPSA) is 65.0 Å². The van der Waals surface area contributed by atoms with E-state index in [-0.39, 0.29) is 0 Å². The van der Waals surface area contributed by atoms with Crippen LogP contribution >= 0.6 is 0 Å². The van der Waals surface area contributed by atoms with E-state index in [2.05, 4.69) is 18.2 Å². The van der Waals surface area contributed by atoms with Gasteiger partial charge in [0.15, 0.2) is 6.04 Å². The number of carbonyl (C=O) groups excluding carboxylic acids is 2. The van der Waals surface area contributed by atoms with Crippen LogP contribution in [-0.4, -0.2) is 31.9 Å². The maximum absolute atomic E-state index is 12.1. The van der Waals surface area contributed by atoms with E-state index in [1.807, 2.05) is 6.07 Å². The van der Waals surface area contributed by atoms with E-state index in [1.165, 1.54) is 26.4 Å². The molecule has 1 atom stereocenters. The number of benzene rings is 1. The largest absolute Gasteiger partial charge is 0.468 e. The quantitative estimate of drug-likeness (QED) is 0.441. The lowest BCUT2D eigenvalue weighted by molar-refractivity contribution is -0.145. The van der Waals surface area contributed by atoms with Gasteiger partial charge in [-0.15, -0.1) is 13.2 Å². The molecular formula is C18H21NO4. The van der Waals surface area contributed by atoms with Gasteiger partial charge in [0.05, 0.1) is 14.2 Å². The number of ether oxygens (including phenoxy) is 2. The van der Waals surface area contributed by atoms with E-state index in [0.717, 1.165) is 0 Å². The van der Waals surface area contributed by atoms with Crippen molar-refractivity contribution in [3.8, 4) is 0 Å². The third-order valence-corrected chi connectivity index (χ3v) is 3.63. The van der Waals surface area contributed by atoms with E-state index >= 15 is 0 Å². The van der Waals surface area contributed by atoms with Gasteiger partial charge in [-0.25, -0.2) is 4.79 Å². The van der Waals surface area contributed by atoms with Crippen LogP contribution in [0.5, 0.6) is 0 Å². The minimum Gasteiger partial charge on any atom is -0.468 e. The van der Waals surface area contributed by atoms with Crippen molar-refractivity contribution in [2.75, 3.05) is 14.2 Å². The minimum absolute atomic E-state index is 0.341. The van der Waals surface area contributed by atoms with Crippen LogP contribution in [0.3, 0.4) is 0 Å². The molecule has 0 saturated carbocycles. The Hall–Kier alpha value is -2.69. The zero-order chi connectivity index (χ0) is 17.5. The molecule has 0 bridgehead atoms. The Morgan fingerprint density at radius 1 is 1.13 bits per heavy atom. The lowest BCUT2D eigenvalue weighted by Gasteiger charge is -2.25. The molecular weight excluding hydrogens is 294 g/mol. The summed E-state index contributed by atoms with van der Waals surface area (Å²) in [5.41, 5.74) is -0.297. The van der Waals surface area contributed by atoms with Crippen molar-refractivity contribution in [1.29, 1.82) is 0 Å². The first-order valence-corrected chi connectivity index (χ1v) is 7.00. The van der Waals surface area contributed by atoms with Crippen LogP contribution < -0.4 is 0 Å². The van der Waals surface area contributed by atoms with Gasteiger partial charge in [0, 0.05) is 5.71 Å². The van der Waals surface area contributed by atoms with Gasteiger partial charge in [-0.05, 0) is 12.5 Å². The van der Waals surface area contributed by atoms with Crippen LogP contribution in [0.15, 0.2) is 60.6 Å². The van der Waals surface area contributed by atoms with Crippen molar-refractivity contribution < 1.29 is 19.1 Å². The molecule has 1 aromatic carbocycles. The molecule has 0 N–H and O–H groups in total. The molecule has 0 aliphatic carbocycles. The molecule has 0 heterocycles. The van der Waals surface area contributed by atoms with Gasteiger partial charge in [-0.1, -0.05) is 42.5 Å². The van der Waals surface area contributed by atoms with Gasteiger partial charge >= 0.3 is 11.9 Å². The first-order chi connectivity index (χ1) is 11.0. The monoisotopic (exact) mass is 315 g/mol. The maximum atomic E-state index is 12.1. The highest BCUT2D eigenvalue weighted by Gasteiger charge is 2.37. The van der Waals surface area contributed by atoms with Crippen molar-refractivity contribution in [1.82, 2.24) is 0 Å². The normalized spacial score (nSPS) is 12.9. The SMILES string of the molecule is C=CC(C=C)(C(=O)OC)C(C)=NC(C(=O)OC)c1ccccc1. The summed E-state index contributed by atoms with van der Waals surface area (Å²) in [4.78, 5) is 28.6. The first kappa shape index (κ1) is 18.4. The highest BCUT2D eigenvalue weighted by molar-refractivity contribution is 6.10. The summed E-state index contributed by atoms with van der Waals surface area (Å²) in [6.07, 6.45) is 2.79. The van der Waals surface area contributed by atoms with E-state index in [0.29, 0.717) is 11.3 Å². The summed E-state index contributed by atoms with van der Waals surface area (Å²) < 4.78 is 9.63. The van der Waals surface area contributed by atoms with Crippen LogP contribution in [0.1, 0.15) is 18.5 Å². The molecule has 5 nitrogen and oxygen atoms in total. The third kappa shape index (κ3) is 3.74. The molecule has 23 heavy (non-hydrogen) atoms. The van der Waals surface area contributed by atoms with Crippen LogP contribution in [0, 0.1) is 5.41 Å². The molecule has 0 aromatic heterocycles. The number of carbonyl (C=O) groups is 2. The second-order valence-corrected chi connectivity index (χ2v) is 4.82. The maximum Gasteiger partial charge on any atom is 0.335 e. The van der Waals surface area contributed by atoms with Crippen LogP contribution in [-0.2, 0) is 19.1 Å². The molecule has 0 aliphatic heterocycles. The molecule has 0 amide bonds. The van der Waals surface area contributed by atoms with Gasteiger partial charge in [-0.3, -0.25) is 9.79 Å². The second kappa shape index (κ2) is 8.08. The third-order valence-electron chi connectivity index (χ3n) is 3.63. The molecule has 122 valence electrons. The Labute approximate surface area is 136 Å². The van der Waals surface area contributed by atoms with Crippen molar-refractivity contribution in [2.45, 2.75) is 13.0 Å². The van der Waals surface area contributed by atoms with Gasteiger partial charge in [0.2, 0.25) is 0 Å². The van der Waals surface area contributed by atoms with E-state index < -0.39 is 23.4 Å². The van der Waals surface area contributed by atoms with E-state index in [1.54, 1.807) is 31.2 Å². The molecule has 1 aromatic rings. The van der Waals surface area contributed by atoms with Crippen molar-refractivity contribution >= 4 is 17.7 Å². The smallest absolute Gasteiger partial charge is 0.335 e. The number of methoxy groups -OCH3 is 2. The lowest BCUT2D eigenvalue weighted by atomic mass is 9.83. The fourth-order valence-electron chi connectivity index (χ4n) is 2.17. The fourth-order valence-corrected chi connectivity index (χ4v) is 2.17. The summed E-state index contributed by atoms with van der Waals surface area (Å²) >= 11 is 0. The van der Waals surface area contributed by atoms with Gasteiger partial charge < -0.3 is 9.47 Å². The predicted octanol–water partition coefficient (Wildman–Crippen LogP) is 2.89. The molecule has 0 aliphatic rings. The molecule has 0 radical (unpaired) electrons. The summed E-state index contributed by atoms with van der Waals surface area (Å²) in [7, 11) is 2.56. The van der Waals surface area contributed by atoms with Crippen LogP contribution in [0.25, 0.3) is 0 Å². The van der Waals surface area contributed by atoms with Crippen molar-refractivity contribution in [3.63, 3.8) is 0 Å². The lowest BCUT2D eigenvalue weighted by Crippen LogP contribution is -2.35. The van der Waals surface area contributed by atoms with Crippen molar-refractivity contribution in [3.05, 3.63) is 61.2 Å². The Balaban J connectivity index is 3.40. The van der Waals surface area contributed by atoms with Crippen LogP contribution in [0.2, 0.25) is 0 Å². The summed E-state index contributed by atoms with van der Waals surface area (Å²) in [6, 6.07) is 8.07. The summed E-state index contributed by atoms with van der Waals surface area (Å²) in [6.45, 7) is 8.96. The molecule has 1 rings (SSSR count). The molecule has 0 fully saturated rings. The van der Waals surface area contributed by atoms with Gasteiger partial charge in [0.1, 0.15) is 5.41 Å². The summed E-state index contributed by atoms with van der Waals surface area (Å²) in [5, 5.41) is 0. The highest BCUT2D eigenvalue weighted by Crippen LogP contribution is 2.28. The second-order valence-electron chi connectivity index (χ2n) is 4.82. The number of hydrogen-bond acceptors (Lipinski definition) is 5. The number of rotatable bonds is 7. The average molecular weight is 315 g/mol. The Kier molecular flexibility index (Phi) is 6.45. The molecule has 0 spiro atoms. The standard InChI is InChI=1S/C18H21NO4/c1-6-18(7-2,17(21)23-5)13(3)19-15(16(20)22-4)14-11-9-8-10-12-14/h6-12,15H,1-2H2,3-5H3. The number of hydrogen-bond donors (Lipinski definition) is 0. The predicted molar refractivity (Wildman–Crippen MR) is 89.2 cm³/mol. The number of aliphatic imine (C=N–C) groups is 1. The van der Waals surface area contributed by atoms with E-state index in [9.17, 15) is 9.59 Å². The van der Waals surface area contributed by atoms with Crippen LogP contribution in [0.4, 0.5) is 0 Å². The number of nitrogens with zero attached hydrogens (tertiary/aromatic N) is 1. The zero-order valence-corrected chi connectivity index (χ0v) is 13.6. The molecule has 0 saturated heterocycles. The Morgan fingerprint density at radius 3 is 2.13 bits per heavy atom. The average Bonchev–Trinajstić information content (AvgIpc) is 2.60. The van der Waals surface area contributed by atoms with Gasteiger partial charge in [-0.2, -0.15) is 0 Å². The first-order valence-electron chi connectivity index (χ1n) is 7.00. The van der Waals surface area contributed by atoms with Gasteiger partial charge in [0.25, 0.3) is 0 Å². The highest BCUT2D eigenvalue weighted by atomic mass is 16.5. The Bertz CT molecular complexity index is 611. The molecule has 5 heteroatoms. The number of esters is 2. The summed E-state index contributed by atoms with van der Waals surface area (Å²) in [5.74, 6) is -1.09. The molecule has 1 unspecified atom stereocenters. The van der Waals surface area contributed by atoms with E-state index in [4.69, 9.17) is 9.47 Å². The minimum atomic E-state index is -1.30. The Morgan fingerprint density at radius 2 is 1.70 bits per heavy atom. The van der Waals surface area contributed by atoms with Crippen molar-refractivity contribution in [2.24, 2.45) is 10.4 Å². The fraction of sp³-hybridized carbons (Fsp3) is 0.278.